The van der Waals surface area contributed by atoms with Gasteiger partial charge in [0.1, 0.15) is 6.54 Å². The number of aromatic nitrogens is 3. The number of nitrogens with zero attached hydrogens (tertiary/aromatic N) is 3. The summed E-state index contributed by atoms with van der Waals surface area (Å²) < 4.78 is 2.99. The Balaban J connectivity index is 1.73. The lowest BCUT2D eigenvalue weighted by molar-refractivity contribution is -0.116. The molecule has 1 amide bonds. The van der Waals surface area contributed by atoms with Crippen molar-refractivity contribution in [1.82, 2.24) is 14.1 Å². The normalized spacial score (nSPS) is 10.9. The third-order valence-corrected chi connectivity index (χ3v) is 4.68. The van der Waals surface area contributed by atoms with Gasteiger partial charge >= 0.3 is 5.69 Å². The van der Waals surface area contributed by atoms with Crippen molar-refractivity contribution in [2.45, 2.75) is 19.9 Å². The summed E-state index contributed by atoms with van der Waals surface area (Å²) >= 11 is 0. The number of hydrogen-bond donors (Lipinski definition) is 1. The van der Waals surface area contributed by atoms with Gasteiger partial charge in [-0.15, -0.1) is 0 Å². The molecule has 140 valence electrons. The Morgan fingerprint density at radius 3 is 2.54 bits per heavy atom. The maximum absolute atomic E-state index is 13.1. The third-order valence-electron chi connectivity index (χ3n) is 4.68. The van der Waals surface area contributed by atoms with Crippen LogP contribution >= 0.6 is 0 Å². The number of amides is 1. The molecule has 0 fully saturated rings. The number of aryl methyl sites for hydroxylation is 1. The Kier molecular flexibility index (Phi) is 4.76. The van der Waals surface area contributed by atoms with Gasteiger partial charge in [-0.25, -0.2) is 14.3 Å². The number of rotatable bonds is 5. The largest absolute Gasteiger partial charge is 0.335 e. The van der Waals surface area contributed by atoms with E-state index in [0.29, 0.717) is 16.9 Å². The van der Waals surface area contributed by atoms with Crippen LogP contribution in [0.2, 0.25) is 0 Å². The van der Waals surface area contributed by atoms with Crippen LogP contribution in [0.1, 0.15) is 12.5 Å². The van der Waals surface area contributed by atoms with Gasteiger partial charge in [-0.3, -0.25) is 9.36 Å². The zero-order valence-electron chi connectivity index (χ0n) is 15.5. The summed E-state index contributed by atoms with van der Waals surface area (Å²) in [6, 6.07) is 20.5. The van der Waals surface area contributed by atoms with Crippen LogP contribution < -0.4 is 11.0 Å². The predicted molar refractivity (Wildman–Crippen MR) is 110 cm³/mol. The molecule has 0 bridgehead atoms. The lowest BCUT2D eigenvalue weighted by Gasteiger charge is -2.10. The summed E-state index contributed by atoms with van der Waals surface area (Å²) in [6.07, 6.45) is 2.46. The smallest absolute Gasteiger partial charge is 0.324 e. The first-order valence-corrected chi connectivity index (χ1v) is 9.18. The monoisotopic (exact) mass is 372 g/mol. The van der Waals surface area contributed by atoms with E-state index in [1.807, 2.05) is 61.5 Å². The fraction of sp³-hybridized carbons (Fsp3) is 0.136. The minimum absolute atomic E-state index is 0.0844. The molecule has 6 nitrogen and oxygen atoms in total. The van der Waals surface area contributed by atoms with Crippen LogP contribution in [-0.2, 0) is 17.8 Å². The van der Waals surface area contributed by atoms with Crippen molar-refractivity contribution >= 4 is 22.8 Å². The molecule has 2 aromatic heterocycles. The van der Waals surface area contributed by atoms with Crippen molar-refractivity contribution in [3.05, 3.63) is 89.0 Å². The van der Waals surface area contributed by atoms with E-state index in [1.165, 1.54) is 9.13 Å². The number of benzene rings is 2. The molecule has 0 spiro atoms. The Labute approximate surface area is 162 Å². The van der Waals surface area contributed by atoms with Crippen LogP contribution in [0.5, 0.6) is 0 Å². The van der Waals surface area contributed by atoms with Gasteiger partial charge in [0, 0.05) is 11.9 Å². The Hall–Kier alpha value is -3.67. The Bertz CT molecular complexity index is 1190. The third kappa shape index (κ3) is 3.20. The van der Waals surface area contributed by atoms with Crippen molar-refractivity contribution in [3.8, 4) is 5.69 Å². The highest BCUT2D eigenvalue weighted by Crippen LogP contribution is 2.17. The number of fused-ring (bicyclic) bond motifs is 1. The first-order valence-electron chi connectivity index (χ1n) is 9.18. The fourth-order valence-electron chi connectivity index (χ4n) is 3.33. The maximum atomic E-state index is 13.1. The van der Waals surface area contributed by atoms with Gasteiger partial charge in [-0.2, -0.15) is 0 Å². The quantitative estimate of drug-likeness (QED) is 0.584. The first-order chi connectivity index (χ1) is 13.7. The van der Waals surface area contributed by atoms with Crippen molar-refractivity contribution in [1.29, 1.82) is 0 Å². The number of para-hydroxylation sites is 2. The topological polar surface area (TPSA) is 68.9 Å². The lowest BCUT2D eigenvalue weighted by Crippen LogP contribution is -2.29. The van der Waals surface area contributed by atoms with Gasteiger partial charge in [-0.1, -0.05) is 43.3 Å². The second kappa shape index (κ2) is 7.52. The number of pyridine rings is 1. The van der Waals surface area contributed by atoms with Gasteiger partial charge in [0.15, 0.2) is 5.65 Å². The summed E-state index contributed by atoms with van der Waals surface area (Å²) in [5, 5.41) is 2.92. The average Bonchev–Trinajstić information content (AvgIpc) is 3.00. The maximum Gasteiger partial charge on any atom is 0.335 e. The molecule has 0 aliphatic carbocycles. The molecular weight excluding hydrogens is 352 g/mol. The first kappa shape index (κ1) is 17.7. The second-order valence-corrected chi connectivity index (χ2v) is 6.44. The summed E-state index contributed by atoms with van der Waals surface area (Å²) in [6.45, 7) is 1.95. The van der Waals surface area contributed by atoms with Gasteiger partial charge in [0.05, 0.1) is 11.2 Å². The molecule has 0 saturated heterocycles. The number of imidazole rings is 1. The zero-order chi connectivity index (χ0) is 19.5. The number of nitrogens with one attached hydrogen (secondary N) is 1. The summed E-state index contributed by atoms with van der Waals surface area (Å²) in [5.41, 5.74) is 3.39. The minimum Gasteiger partial charge on any atom is -0.324 e. The van der Waals surface area contributed by atoms with E-state index in [4.69, 9.17) is 0 Å². The fourth-order valence-corrected chi connectivity index (χ4v) is 3.33. The van der Waals surface area contributed by atoms with Crippen molar-refractivity contribution in [2.24, 2.45) is 0 Å². The molecule has 0 unspecified atom stereocenters. The van der Waals surface area contributed by atoms with Crippen LogP contribution in [0.15, 0.2) is 77.7 Å². The standard InChI is InChI=1S/C22H20N4O2/c1-2-16-9-6-7-12-18(16)24-20(27)15-25-19-13-8-14-23-21(19)26(22(25)28)17-10-4-3-5-11-17/h3-14H,2,15H2,1H3,(H,24,27). The predicted octanol–water partition coefficient (Wildman–Crippen LogP) is 3.39. The van der Waals surface area contributed by atoms with Crippen molar-refractivity contribution < 1.29 is 4.79 Å². The summed E-state index contributed by atoms with van der Waals surface area (Å²) in [4.78, 5) is 30.2. The molecule has 4 aromatic rings. The van der Waals surface area contributed by atoms with Crippen LogP contribution in [0, 0.1) is 0 Å². The van der Waals surface area contributed by atoms with Crippen LogP contribution in [0.25, 0.3) is 16.9 Å². The van der Waals surface area contributed by atoms with Crippen LogP contribution in [-0.4, -0.2) is 20.0 Å². The molecule has 6 heteroatoms. The highest BCUT2D eigenvalue weighted by atomic mass is 16.2. The average molecular weight is 372 g/mol. The molecule has 2 aromatic carbocycles. The van der Waals surface area contributed by atoms with Crippen molar-refractivity contribution in [2.75, 3.05) is 5.32 Å². The zero-order valence-corrected chi connectivity index (χ0v) is 15.5. The highest BCUT2D eigenvalue weighted by molar-refractivity contribution is 5.92. The van der Waals surface area contributed by atoms with Crippen LogP contribution in [0.3, 0.4) is 0 Å². The molecule has 0 aliphatic rings. The Morgan fingerprint density at radius 2 is 1.75 bits per heavy atom. The number of hydrogen-bond acceptors (Lipinski definition) is 3. The van der Waals surface area contributed by atoms with E-state index in [-0.39, 0.29) is 18.1 Å². The van der Waals surface area contributed by atoms with E-state index in [2.05, 4.69) is 10.3 Å². The number of carbonyl (C=O) groups is 1. The molecule has 0 atom stereocenters. The van der Waals surface area contributed by atoms with Gasteiger partial charge in [-0.05, 0) is 42.3 Å². The lowest BCUT2D eigenvalue weighted by atomic mass is 10.1. The molecule has 28 heavy (non-hydrogen) atoms. The van der Waals surface area contributed by atoms with Crippen LogP contribution in [0.4, 0.5) is 5.69 Å². The Morgan fingerprint density at radius 1 is 1.00 bits per heavy atom. The van der Waals surface area contributed by atoms with Gasteiger partial charge in [0.25, 0.3) is 0 Å². The minimum atomic E-state index is -0.293. The van der Waals surface area contributed by atoms with E-state index >= 15 is 0 Å². The SMILES string of the molecule is CCc1ccccc1NC(=O)Cn1c(=O)n(-c2ccccc2)c2ncccc21. The van der Waals surface area contributed by atoms with Crippen molar-refractivity contribution in [3.63, 3.8) is 0 Å². The molecule has 0 radical (unpaired) electrons. The van der Waals surface area contributed by atoms with E-state index in [0.717, 1.165) is 17.7 Å². The summed E-state index contributed by atoms with van der Waals surface area (Å²) in [5.74, 6) is -0.251. The number of carbonyl (C=O) groups excluding carboxylic acids is 1. The van der Waals surface area contributed by atoms with Gasteiger partial charge in [0.2, 0.25) is 5.91 Å². The molecule has 1 N–H and O–H groups in total. The highest BCUT2D eigenvalue weighted by Gasteiger charge is 2.17. The van der Waals surface area contributed by atoms with E-state index in [9.17, 15) is 9.59 Å². The molecule has 0 saturated carbocycles. The molecule has 2 heterocycles. The molecular formula is C22H20N4O2. The summed E-state index contributed by atoms with van der Waals surface area (Å²) in [7, 11) is 0. The molecule has 4 rings (SSSR count). The molecule has 0 aliphatic heterocycles. The van der Waals surface area contributed by atoms with E-state index < -0.39 is 0 Å². The van der Waals surface area contributed by atoms with E-state index in [1.54, 1.807) is 18.3 Å². The number of anilines is 1. The van der Waals surface area contributed by atoms with Gasteiger partial charge < -0.3 is 5.32 Å². The second-order valence-electron chi connectivity index (χ2n) is 6.44.